The molecule has 4 rings (SSSR count). The predicted octanol–water partition coefficient (Wildman–Crippen LogP) is 4.70. The van der Waals surface area contributed by atoms with Crippen molar-refractivity contribution in [3.63, 3.8) is 0 Å². The Bertz CT molecular complexity index is 1220. The van der Waals surface area contributed by atoms with E-state index in [1.165, 1.54) is 31.2 Å². The molecule has 1 aliphatic heterocycles. The molecule has 0 saturated carbocycles. The number of alkyl halides is 2. The molecule has 2 aromatic carbocycles. The van der Waals surface area contributed by atoms with Crippen LogP contribution in [0.1, 0.15) is 35.1 Å². The molecule has 0 atom stereocenters. The lowest BCUT2D eigenvalue weighted by molar-refractivity contribution is -0.00824. The van der Waals surface area contributed by atoms with E-state index in [0.717, 1.165) is 10.4 Å². The number of ether oxygens (including phenoxy) is 2. The topological polar surface area (TPSA) is 88.9 Å². The first-order valence-electron chi connectivity index (χ1n) is 11.3. The van der Waals surface area contributed by atoms with Crippen LogP contribution in [0.15, 0.2) is 42.5 Å². The fraction of sp³-hybridized carbons (Fsp3) is 0.360. The third kappa shape index (κ3) is 4.93. The van der Waals surface area contributed by atoms with Gasteiger partial charge in [0.1, 0.15) is 5.75 Å². The number of nitrogens with zero attached hydrogens (tertiary/aromatic N) is 3. The number of hydrogen-bond acceptors (Lipinski definition) is 6. The second-order valence-electron chi connectivity index (χ2n) is 8.26. The first-order chi connectivity index (χ1) is 16.7. The van der Waals surface area contributed by atoms with Gasteiger partial charge in [-0.1, -0.05) is 19.1 Å². The van der Waals surface area contributed by atoms with E-state index in [-0.39, 0.29) is 29.2 Å². The van der Waals surface area contributed by atoms with Gasteiger partial charge in [-0.3, -0.25) is 4.79 Å². The van der Waals surface area contributed by atoms with Gasteiger partial charge in [-0.25, -0.2) is 13.8 Å². The summed E-state index contributed by atoms with van der Waals surface area (Å²) in [5.41, 5.74) is 1.62. The highest BCUT2D eigenvalue weighted by atomic mass is 19.3. The molecule has 1 amide bonds. The molecule has 0 aliphatic carbocycles. The van der Waals surface area contributed by atoms with Gasteiger partial charge in [0.2, 0.25) is 0 Å². The van der Waals surface area contributed by atoms with Crippen molar-refractivity contribution in [2.24, 2.45) is 0 Å². The van der Waals surface area contributed by atoms with E-state index < -0.39 is 11.8 Å². The van der Waals surface area contributed by atoms with E-state index in [9.17, 15) is 18.8 Å². The highest BCUT2D eigenvalue weighted by molar-refractivity contribution is 6.04. The second-order valence-corrected chi connectivity index (χ2v) is 8.26. The van der Waals surface area contributed by atoms with Gasteiger partial charge in [0.05, 0.1) is 31.7 Å². The lowest BCUT2D eigenvalue weighted by Crippen LogP contribution is -2.36. The van der Waals surface area contributed by atoms with Gasteiger partial charge < -0.3 is 24.9 Å². The minimum absolute atomic E-state index is 0.0867. The minimum atomic E-state index is -3.00. The maximum absolute atomic E-state index is 14.1. The van der Waals surface area contributed by atoms with Crippen LogP contribution in [0.25, 0.3) is 11.4 Å². The molecule has 1 fully saturated rings. The number of anilines is 2. The largest absolute Gasteiger partial charge is 0.495 e. The van der Waals surface area contributed by atoms with E-state index in [4.69, 9.17) is 9.47 Å². The summed E-state index contributed by atoms with van der Waals surface area (Å²) >= 11 is 0. The molecule has 35 heavy (non-hydrogen) atoms. The number of nitrogens with one attached hydrogen (secondary N) is 1. The fourth-order valence-corrected chi connectivity index (χ4v) is 4.06. The summed E-state index contributed by atoms with van der Waals surface area (Å²) in [7, 11) is 1.59. The van der Waals surface area contributed by atoms with E-state index >= 15 is 0 Å². The van der Waals surface area contributed by atoms with Gasteiger partial charge in [-0.05, 0) is 37.3 Å². The number of aromatic nitrogens is 2. The average Bonchev–Trinajstić information content (AvgIpc) is 3.18. The van der Waals surface area contributed by atoms with Crippen LogP contribution in [0.3, 0.4) is 0 Å². The maximum atomic E-state index is 14.1. The van der Waals surface area contributed by atoms with Crippen molar-refractivity contribution in [1.29, 1.82) is 0 Å². The number of morpholine rings is 1. The molecule has 0 bridgehead atoms. The zero-order valence-corrected chi connectivity index (χ0v) is 19.8. The number of methoxy groups -OCH3 is 1. The van der Waals surface area contributed by atoms with Crippen LogP contribution in [0, 0.1) is 6.92 Å². The molecule has 8 nitrogen and oxygen atoms in total. The Morgan fingerprint density at radius 3 is 2.66 bits per heavy atom. The van der Waals surface area contributed by atoms with Crippen molar-refractivity contribution in [3.05, 3.63) is 59.4 Å². The molecule has 2 N–H and O–H groups in total. The van der Waals surface area contributed by atoms with Gasteiger partial charge >= 0.3 is 0 Å². The van der Waals surface area contributed by atoms with Crippen molar-refractivity contribution < 1.29 is 28.3 Å². The average molecular weight is 487 g/mol. The first kappa shape index (κ1) is 24.5. The zero-order chi connectivity index (χ0) is 25.2. The van der Waals surface area contributed by atoms with Gasteiger partial charge in [0, 0.05) is 36.3 Å². The van der Waals surface area contributed by atoms with Crippen LogP contribution in [-0.2, 0) is 10.7 Å². The molecular formula is C25H28F2N4O4. The van der Waals surface area contributed by atoms with Crippen LogP contribution >= 0.6 is 0 Å². The maximum Gasteiger partial charge on any atom is 0.277 e. The molecule has 1 aromatic heterocycles. The lowest BCUT2D eigenvalue weighted by atomic mass is 10.1. The highest BCUT2D eigenvalue weighted by Crippen LogP contribution is 2.35. The number of carbonyl (C=O) groups is 1. The van der Waals surface area contributed by atoms with Crippen molar-refractivity contribution in [2.75, 3.05) is 43.6 Å². The SMILES string of the molecule is CCC(F)(F)c1cccc(NC(=O)c2c(C)nc(-c3ccc(OC)c(N4CCOCC4)c3)n2O)c1. The van der Waals surface area contributed by atoms with Crippen LogP contribution < -0.4 is 15.0 Å². The van der Waals surface area contributed by atoms with Crippen LogP contribution in [0.4, 0.5) is 20.2 Å². The number of carbonyl (C=O) groups excluding carboxylic acids is 1. The molecule has 0 unspecified atom stereocenters. The highest BCUT2D eigenvalue weighted by Gasteiger charge is 2.29. The summed E-state index contributed by atoms with van der Waals surface area (Å²) in [6.07, 6.45) is -0.357. The monoisotopic (exact) mass is 486 g/mol. The number of amides is 1. The molecule has 2 heterocycles. The van der Waals surface area contributed by atoms with E-state index in [1.807, 2.05) is 6.07 Å². The van der Waals surface area contributed by atoms with Gasteiger partial charge in [-0.2, -0.15) is 4.73 Å². The summed E-state index contributed by atoms with van der Waals surface area (Å²) < 4.78 is 39.8. The molecular weight excluding hydrogens is 458 g/mol. The summed E-state index contributed by atoms with van der Waals surface area (Å²) in [6, 6.07) is 10.9. The second kappa shape index (κ2) is 9.91. The molecule has 0 spiro atoms. The zero-order valence-electron chi connectivity index (χ0n) is 19.8. The van der Waals surface area contributed by atoms with Crippen LogP contribution in [0.2, 0.25) is 0 Å². The predicted molar refractivity (Wildman–Crippen MR) is 128 cm³/mol. The van der Waals surface area contributed by atoms with Gasteiger partial charge in [0.25, 0.3) is 11.8 Å². The normalized spacial score (nSPS) is 14.1. The Labute approximate surface area is 202 Å². The van der Waals surface area contributed by atoms with Gasteiger partial charge in [0.15, 0.2) is 11.5 Å². The van der Waals surface area contributed by atoms with E-state index in [1.54, 1.807) is 26.2 Å². The fourth-order valence-electron chi connectivity index (χ4n) is 4.06. The molecule has 1 saturated heterocycles. The van der Waals surface area contributed by atoms with Crippen molar-refractivity contribution in [3.8, 4) is 17.1 Å². The molecule has 186 valence electrons. The number of imidazole rings is 1. The summed E-state index contributed by atoms with van der Waals surface area (Å²) in [5.74, 6) is -2.82. The van der Waals surface area contributed by atoms with E-state index in [2.05, 4.69) is 15.2 Å². The number of rotatable bonds is 7. The summed E-state index contributed by atoms with van der Waals surface area (Å²) in [6.45, 7) is 5.56. The third-order valence-corrected chi connectivity index (χ3v) is 6.02. The summed E-state index contributed by atoms with van der Waals surface area (Å²) in [5, 5.41) is 13.5. The molecule has 3 aromatic rings. The Hall–Kier alpha value is -3.66. The molecule has 10 heteroatoms. The quantitative estimate of drug-likeness (QED) is 0.471. The number of hydrogen-bond donors (Lipinski definition) is 2. The smallest absolute Gasteiger partial charge is 0.277 e. The Morgan fingerprint density at radius 2 is 1.97 bits per heavy atom. The molecule has 0 radical (unpaired) electrons. The van der Waals surface area contributed by atoms with E-state index in [0.29, 0.717) is 43.3 Å². The molecule has 1 aliphatic rings. The number of benzene rings is 2. The Kier molecular flexibility index (Phi) is 6.93. The number of aryl methyl sites for hydroxylation is 1. The van der Waals surface area contributed by atoms with Crippen molar-refractivity contribution in [2.45, 2.75) is 26.2 Å². The van der Waals surface area contributed by atoms with Gasteiger partial charge in [-0.15, -0.1) is 0 Å². The Balaban J connectivity index is 1.64. The first-order valence-corrected chi connectivity index (χ1v) is 11.3. The van der Waals surface area contributed by atoms with Crippen LogP contribution in [-0.4, -0.2) is 54.2 Å². The third-order valence-electron chi connectivity index (χ3n) is 6.02. The number of halogens is 2. The lowest BCUT2D eigenvalue weighted by Gasteiger charge is -2.30. The Morgan fingerprint density at radius 1 is 1.23 bits per heavy atom. The summed E-state index contributed by atoms with van der Waals surface area (Å²) in [4.78, 5) is 19.5. The van der Waals surface area contributed by atoms with Crippen molar-refractivity contribution in [1.82, 2.24) is 9.71 Å². The minimum Gasteiger partial charge on any atom is -0.495 e. The van der Waals surface area contributed by atoms with Crippen molar-refractivity contribution >= 4 is 17.3 Å². The standard InChI is InChI=1S/C25H28F2N4O4/c1-4-25(26,27)18-6-5-7-19(15-18)29-24(32)22-16(2)28-23(31(22)33)17-8-9-21(34-3)20(14-17)30-10-12-35-13-11-30/h5-9,14-15,33H,4,10-13H2,1-3H3,(H,29,32). The van der Waals surface area contributed by atoms with Crippen LogP contribution in [0.5, 0.6) is 5.75 Å².